The van der Waals surface area contributed by atoms with Gasteiger partial charge in [-0.25, -0.2) is 0 Å². The average molecular weight is 305 g/mol. The van der Waals surface area contributed by atoms with Crippen molar-refractivity contribution in [3.05, 3.63) is 34.9 Å². The van der Waals surface area contributed by atoms with Crippen LogP contribution in [0.1, 0.15) is 76.2 Å². The molecule has 2 fully saturated rings. The fourth-order valence-corrected chi connectivity index (χ4v) is 4.91. The molecule has 1 aromatic rings. The molecule has 2 aliphatic carbocycles. The third kappa shape index (κ3) is 3.83. The Balaban J connectivity index is 1.56. The van der Waals surface area contributed by atoms with Crippen molar-refractivity contribution in [3.63, 3.8) is 0 Å². The fourth-order valence-electron chi connectivity index (χ4n) is 4.78. The van der Waals surface area contributed by atoms with Crippen LogP contribution in [0.2, 0.25) is 5.02 Å². The first-order chi connectivity index (χ1) is 10.3. The third-order valence-electron chi connectivity index (χ3n) is 6.03. The highest BCUT2D eigenvalue weighted by molar-refractivity contribution is 6.30. The summed E-state index contributed by atoms with van der Waals surface area (Å²) in [7, 11) is 0. The van der Waals surface area contributed by atoms with Crippen molar-refractivity contribution in [2.75, 3.05) is 0 Å². The van der Waals surface area contributed by atoms with Gasteiger partial charge in [-0.1, -0.05) is 56.3 Å². The Bertz CT molecular complexity index is 436. The van der Waals surface area contributed by atoms with Gasteiger partial charge < -0.3 is 0 Å². The monoisotopic (exact) mass is 304 g/mol. The summed E-state index contributed by atoms with van der Waals surface area (Å²) in [6.45, 7) is 2.32. The second kappa shape index (κ2) is 7.18. The lowest BCUT2D eigenvalue weighted by atomic mass is 9.63. The molecule has 0 N–H and O–H groups in total. The Morgan fingerprint density at radius 2 is 1.67 bits per heavy atom. The summed E-state index contributed by atoms with van der Waals surface area (Å²) in [6, 6.07) is 8.62. The van der Waals surface area contributed by atoms with Crippen LogP contribution in [0.25, 0.3) is 0 Å². The molecule has 4 atom stereocenters. The molecular formula is C20H29Cl. The van der Waals surface area contributed by atoms with Gasteiger partial charge in [0, 0.05) is 5.02 Å². The lowest BCUT2D eigenvalue weighted by Gasteiger charge is -2.42. The smallest absolute Gasteiger partial charge is 0.0406 e. The molecular weight excluding hydrogens is 276 g/mol. The predicted molar refractivity (Wildman–Crippen MR) is 91.9 cm³/mol. The summed E-state index contributed by atoms with van der Waals surface area (Å²) in [6.07, 6.45) is 13.1. The van der Waals surface area contributed by atoms with Crippen molar-refractivity contribution < 1.29 is 0 Å². The van der Waals surface area contributed by atoms with Crippen LogP contribution >= 0.6 is 11.6 Å². The molecule has 1 aromatic carbocycles. The number of fused-ring (bicyclic) bond motifs is 1. The van der Waals surface area contributed by atoms with Crippen LogP contribution in [0.4, 0.5) is 0 Å². The van der Waals surface area contributed by atoms with E-state index in [9.17, 15) is 0 Å². The molecule has 3 rings (SSSR count). The molecule has 0 spiro atoms. The number of hydrogen-bond acceptors (Lipinski definition) is 0. The minimum atomic E-state index is 0.788. The van der Waals surface area contributed by atoms with Crippen LogP contribution in [-0.2, 0) is 0 Å². The van der Waals surface area contributed by atoms with Crippen LogP contribution in [-0.4, -0.2) is 0 Å². The van der Waals surface area contributed by atoms with Gasteiger partial charge in [0.1, 0.15) is 0 Å². The first-order valence-electron chi connectivity index (χ1n) is 9.01. The van der Waals surface area contributed by atoms with Crippen LogP contribution in [0.5, 0.6) is 0 Å². The van der Waals surface area contributed by atoms with Gasteiger partial charge >= 0.3 is 0 Å². The zero-order chi connectivity index (χ0) is 14.7. The normalized spacial score (nSPS) is 32.7. The zero-order valence-corrected chi connectivity index (χ0v) is 14.1. The summed E-state index contributed by atoms with van der Waals surface area (Å²) in [5.41, 5.74) is 1.52. The van der Waals surface area contributed by atoms with Gasteiger partial charge in [-0.15, -0.1) is 0 Å². The highest BCUT2D eigenvalue weighted by atomic mass is 35.5. The van der Waals surface area contributed by atoms with E-state index in [0.717, 1.165) is 28.7 Å². The van der Waals surface area contributed by atoms with Crippen LogP contribution in [0.3, 0.4) is 0 Å². The Labute approximate surface area is 135 Å². The zero-order valence-electron chi connectivity index (χ0n) is 13.4. The van der Waals surface area contributed by atoms with E-state index in [1.807, 2.05) is 0 Å². The second-order valence-corrected chi connectivity index (χ2v) is 7.84. The van der Waals surface area contributed by atoms with Gasteiger partial charge in [-0.3, -0.25) is 0 Å². The first kappa shape index (κ1) is 15.4. The van der Waals surface area contributed by atoms with Crippen molar-refractivity contribution >= 4 is 11.6 Å². The largest absolute Gasteiger partial charge is 0.0843 e. The van der Waals surface area contributed by atoms with Gasteiger partial charge in [-0.05, 0) is 73.5 Å². The standard InChI is InChI=1S/C20H29Cl/c1-2-3-4-15-5-6-19-14-18(8-7-17(19)13-15)16-9-11-20(21)12-10-16/h9-12,15,17-19H,2-8,13-14H2,1H3/t15?,17-,18-,19-/m1/s1. The van der Waals surface area contributed by atoms with Gasteiger partial charge in [0.05, 0.1) is 0 Å². The molecule has 2 aliphatic rings. The van der Waals surface area contributed by atoms with E-state index >= 15 is 0 Å². The molecule has 1 heteroatoms. The Morgan fingerprint density at radius 3 is 2.43 bits per heavy atom. The minimum Gasteiger partial charge on any atom is -0.0843 e. The van der Waals surface area contributed by atoms with Crippen molar-refractivity contribution in [2.24, 2.45) is 17.8 Å². The molecule has 0 saturated heterocycles. The number of halogens is 1. The molecule has 0 nitrogen and oxygen atoms in total. The summed E-state index contributed by atoms with van der Waals surface area (Å²) in [5.74, 6) is 3.86. The van der Waals surface area contributed by atoms with Gasteiger partial charge in [-0.2, -0.15) is 0 Å². The van der Waals surface area contributed by atoms with Crippen molar-refractivity contribution in [2.45, 2.75) is 70.6 Å². The Morgan fingerprint density at radius 1 is 0.952 bits per heavy atom. The summed E-state index contributed by atoms with van der Waals surface area (Å²) in [4.78, 5) is 0. The molecule has 116 valence electrons. The molecule has 0 radical (unpaired) electrons. The molecule has 0 aliphatic heterocycles. The lowest BCUT2D eigenvalue weighted by Crippen LogP contribution is -2.30. The van der Waals surface area contributed by atoms with E-state index in [1.54, 1.807) is 0 Å². The Hall–Kier alpha value is -0.490. The molecule has 0 bridgehead atoms. The average Bonchev–Trinajstić information content (AvgIpc) is 2.53. The number of benzene rings is 1. The van der Waals surface area contributed by atoms with Crippen molar-refractivity contribution in [3.8, 4) is 0 Å². The van der Waals surface area contributed by atoms with E-state index in [-0.39, 0.29) is 0 Å². The summed E-state index contributed by atoms with van der Waals surface area (Å²) in [5, 5.41) is 0.865. The molecule has 2 saturated carbocycles. The second-order valence-electron chi connectivity index (χ2n) is 7.40. The van der Waals surface area contributed by atoms with E-state index in [1.165, 1.54) is 63.4 Å². The third-order valence-corrected chi connectivity index (χ3v) is 6.28. The van der Waals surface area contributed by atoms with Crippen LogP contribution in [0, 0.1) is 17.8 Å². The van der Waals surface area contributed by atoms with Gasteiger partial charge in [0.2, 0.25) is 0 Å². The predicted octanol–water partition coefficient (Wildman–Crippen LogP) is 6.83. The molecule has 21 heavy (non-hydrogen) atoms. The molecule has 1 unspecified atom stereocenters. The van der Waals surface area contributed by atoms with Crippen LogP contribution < -0.4 is 0 Å². The number of rotatable bonds is 4. The maximum Gasteiger partial charge on any atom is 0.0406 e. The Kier molecular flexibility index (Phi) is 5.27. The van der Waals surface area contributed by atoms with Gasteiger partial charge in [0.25, 0.3) is 0 Å². The van der Waals surface area contributed by atoms with Gasteiger partial charge in [0.15, 0.2) is 0 Å². The summed E-state index contributed by atoms with van der Waals surface area (Å²) < 4.78 is 0. The van der Waals surface area contributed by atoms with Crippen molar-refractivity contribution in [1.82, 2.24) is 0 Å². The quantitative estimate of drug-likeness (QED) is 0.572. The maximum absolute atomic E-state index is 6.02. The number of unbranched alkanes of at least 4 members (excludes halogenated alkanes) is 1. The number of hydrogen-bond donors (Lipinski definition) is 0. The molecule has 0 heterocycles. The minimum absolute atomic E-state index is 0.788. The van der Waals surface area contributed by atoms with Crippen LogP contribution in [0.15, 0.2) is 24.3 Å². The molecule has 0 amide bonds. The van der Waals surface area contributed by atoms with E-state index in [4.69, 9.17) is 11.6 Å². The summed E-state index contributed by atoms with van der Waals surface area (Å²) >= 11 is 6.02. The van der Waals surface area contributed by atoms with E-state index in [2.05, 4.69) is 31.2 Å². The molecule has 0 aromatic heterocycles. The highest BCUT2D eigenvalue weighted by Crippen LogP contribution is 2.48. The fraction of sp³-hybridized carbons (Fsp3) is 0.700. The SMILES string of the molecule is CCCCC1CC[C@@H]2C[C@H](c3ccc(Cl)cc3)CC[C@@H]2C1. The van der Waals surface area contributed by atoms with E-state index in [0.29, 0.717) is 0 Å². The first-order valence-corrected chi connectivity index (χ1v) is 9.39. The van der Waals surface area contributed by atoms with E-state index < -0.39 is 0 Å². The highest BCUT2D eigenvalue weighted by Gasteiger charge is 2.35. The topological polar surface area (TPSA) is 0 Å². The lowest BCUT2D eigenvalue weighted by molar-refractivity contribution is 0.113. The van der Waals surface area contributed by atoms with Crippen molar-refractivity contribution in [1.29, 1.82) is 0 Å². The maximum atomic E-state index is 6.02.